The van der Waals surface area contributed by atoms with Gasteiger partial charge in [0.1, 0.15) is 5.75 Å². The molecular weight excluding hydrogens is 547 g/mol. The van der Waals surface area contributed by atoms with Crippen LogP contribution in [0.5, 0.6) is 5.75 Å². The zero-order valence-electron chi connectivity index (χ0n) is 25.8. The first-order chi connectivity index (χ1) is 20.4. The van der Waals surface area contributed by atoms with Crippen LogP contribution in [0.3, 0.4) is 0 Å². The molecule has 218 valence electrons. The third-order valence-electron chi connectivity index (χ3n) is 8.12. The number of hydrogen-bond donors (Lipinski definition) is 0. The van der Waals surface area contributed by atoms with Crippen molar-refractivity contribution in [2.45, 2.75) is 58.0 Å². The topological polar surface area (TPSA) is 35.5 Å². The molecule has 0 bridgehead atoms. The molecule has 6 rings (SSSR count). The molecule has 3 nitrogen and oxygen atoms in total. The van der Waals surface area contributed by atoms with Gasteiger partial charge in [0.05, 0.1) is 16.3 Å². The molecule has 0 spiro atoms. The molecule has 1 aliphatic rings. The molecule has 5 aromatic carbocycles. The predicted molar refractivity (Wildman–Crippen MR) is 178 cm³/mol. The van der Waals surface area contributed by atoms with E-state index in [0.717, 1.165) is 5.56 Å². The van der Waals surface area contributed by atoms with Gasteiger partial charge in [0, 0.05) is 0 Å². The van der Waals surface area contributed by atoms with E-state index in [1.807, 2.05) is 51.1 Å². The van der Waals surface area contributed by atoms with Crippen LogP contribution in [0, 0.1) is 0 Å². The van der Waals surface area contributed by atoms with Crippen molar-refractivity contribution in [1.29, 1.82) is 0 Å². The Balaban J connectivity index is 1.50. The molecule has 0 radical (unpaired) electrons. The Morgan fingerprint density at radius 2 is 1.02 bits per heavy atom. The maximum Gasteiger partial charge on any atom is 0.411 e. The summed E-state index contributed by atoms with van der Waals surface area (Å²) >= 11 is 0. The van der Waals surface area contributed by atoms with Gasteiger partial charge in [-0.3, -0.25) is 4.52 Å². The van der Waals surface area contributed by atoms with Gasteiger partial charge >= 0.3 is 7.60 Å². The fourth-order valence-corrected chi connectivity index (χ4v) is 8.15. The number of hydrogen-bond acceptors (Lipinski definition) is 3. The molecule has 0 heterocycles. The molecule has 4 heteroatoms. The second-order valence-corrected chi connectivity index (χ2v) is 15.2. The molecule has 1 unspecified atom stereocenters. The van der Waals surface area contributed by atoms with Gasteiger partial charge in [0.15, 0.2) is 0 Å². The Bertz CT molecular complexity index is 1750. The predicted octanol–water partition coefficient (Wildman–Crippen LogP) is 10.1. The van der Waals surface area contributed by atoms with Crippen molar-refractivity contribution in [3.05, 3.63) is 155 Å². The fourth-order valence-electron chi connectivity index (χ4n) is 6.24. The van der Waals surface area contributed by atoms with Gasteiger partial charge in [0.2, 0.25) is 0 Å². The van der Waals surface area contributed by atoms with Crippen molar-refractivity contribution in [3.63, 3.8) is 0 Å². The maximum absolute atomic E-state index is 14.2. The van der Waals surface area contributed by atoms with Gasteiger partial charge in [-0.25, -0.2) is 4.57 Å². The first kappa shape index (κ1) is 29.2. The van der Waals surface area contributed by atoms with Crippen LogP contribution in [0.15, 0.2) is 127 Å². The van der Waals surface area contributed by atoms with Crippen molar-refractivity contribution in [1.82, 2.24) is 0 Å². The SMILES string of the molecule is CC(C)(C)OP(=O)(Oc1ccc(C2(c3ccc(C(C)(C)C)cc3)c3ccccc3-c3ccccc32)cc1)c1ccccc1. The standard InChI is InChI=1S/C39H39O3P/c1-37(2,3)28-20-22-29(23-21-28)39(35-18-12-10-16-33(35)34-17-11-13-19-36(34)39)30-24-26-31(27-25-30)41-43(40,42-38(4,5)6)32-14-8-7-9-15-32/h7-27H,1-6H3. The summed E-state index contributed by atoms with van der Waals surface area (Å²) in [5, 5.41) is 0.531. The number of fused-ring (bicyclic) bond motifs is 3. The van der Waals surface area contributed by atoms with Crippen LogP contribution in [-0.4, -0.2) is 5.60 Å². The molecule has 0 N–H and O–H groups in total. The summed E-state index contributed by atoms with van der Waals surface area (Å²) in [7, 11) is -3.66. The molecule has 0 aromatic heterocycles. The second-order valence-electron chi connectivity index (χ2n) is 13.3. The lowest BCUT2D eigenvalue weighted by molar-refractivity contribution is 0.119. The number of rotatable bonds is 6. The summed E-state index contributed by atoms with van der Waals surface area (Å²) in [5.41, 5.74) is 7.47. The van der Waals surface area contributed by atoms with E-state index in [9.17, 15) is 4.57 Å². The van der Waals surface area contributed by atoms with Gasteiger partial charge in [-0.1, -0.05) is 124 Å². The Morgan fingerprint density at radius 1 is 0.558 bits per heavy atom. The molecule has 0 aliphatic heterocycles. The minimum absolute atomic E-state index is 0.0536. The zero-order valence-corrected chi connectivity index (χ0v) is 26.7. The lowest BCUT2D eigenvalue weighted by atomic mass is 9.67. The quantitative estimate of drug-likeness (QED) is 0.182. The van der Waals surface area contributed by atoms with E-state index < -0.39 is 18.6 Å². The van der Waals surface area contributed by atoms with Gasteiger partial charge in [-0.2, -0.15) is 0 Å². The summed E-state index contributed by atoms with van der Waals surface area (Å²) in [5.74, 6) is 0.498. The highest BCUT2D eigenvalue weighted by atomic mass is 31.2. The summed E-state index contributed by atoms with van der Waals surface area (Å²) in [4.78, 5) is 0. The van der Waals surface area contributed by atoms with Crippen molar-refractivity contribution >= 4 is 12.9 Å². The van der Waals surface area contributed by atoms with Crippen LogP contribution in [0.1, 0.15) is 69.4 Å². The van der Waals surface area contributed by atoms with Gasteiger partial charge in [0.25, 0.3) is 0 Å². The van der Waals surface area contributed by atoms with Crippen molar-refractivity contribution < 1.29 is 13.6 Å². The average Bonchev–Trinajstić information content (AvgIpc) is 3.28. The van der Waals surface area contributed by atoms with Crippen LogP contribution in [0.2, 0.25) is 0 Å². The van der Waals surface area contributed by atoms with E-state index in [1.165, 1.54) is 33.4 Å². The largest absolute Gasteiger partial charge is 0.421 e. The summed E-state index contributed by atoms with van der Waals surface area (Å²) in [6.07, 6.45) is 0. The molecule has 5 aromatic rings. The zero-order chi connectivity index (χ0) is 30.5. The molecular formula is C39H39O3P. The highest BCUT2D eigenvalue weighted by Gasteiger charge is 2.46. The molecule has 1 atom stereocenters. The third kappa shape index (κ3) is 5.26. The summed E-state index contributed by atoms with van der Waals surface area (Å²) in [6, 6.07) is 43.7. The lowest BCUT2D eigenvalue weighted by Crippen LogP contribution is -2.28. The minimum atomic E-state index is -3.66. The van der Waals surface area contributed by atoms with Crippen molar-refractivity contribution in [2.24, 2.45) is 0 Å². The first-order valence-electron chi connectivity index (χ1n) is 14.9. The van der Waals surface area contributed by atoms with Crippen LogP contribution >= 0.6 is 7.60 Å². The average molecular weight is 587 g/mol. The molecule has 43 heavy (non-hydrogen) atoms. The van der Waals surface area contributed by atoms with E-state index in [0.29, 0.717) is 11.1 Å². The Morgan fingerprint density at radius 3 is 1.51 bits per heavy atom. The summed E-state index contributed by atoms with van der Waals surface area (Å²) < 4.78 is 26.6. The van der Waals surface area contributed by atoms with E-state index >= 15 is 0 Å². The maximum atomic E-state index is 14.2. The Kier molecular flexibility index (Phi) is 7.24. The monoisotopic (exact) mass is 586 g/mol. The normalized spacial score (nSPS) is 15.3. The van der Waals surface area contributed by atoms with Crippen LogP contribution in [0.25, 0.3) is 11.1 Å². The number of benzene rings is 5. The molecule has 0 saturated carbocycles. The van der Waals surface area contributed by atoms with Gasteiger partial charge < -0.3 is 4.52 Å². The van der Waals surface area contributed by atoms with E-state index in [4.69, 9.17) is 9.05 Å². The molecule has 0 fully saturated rings. The third-order valence-corrected chi connectivity index (χ3v) is 10.3. The Labute approximate surface area is 256 Å². The highest BCUT2D eigenvalue weighted by Crippen LogP contribution is 2.57. The van der Waals surface area contributed by atoms with E-state index in [2.05, 4.69) is 106 Å². The summed E-state index contributed by atoms with van der Waals surface area (Å²) in [6.45, 7) is 12.4. The Hall–Kier alpha value is -3.91. The second kappa shape index (κ2) is 10.7. The van der Waals surface area contributed by atoms with Gasteiger partial charge in [-0.15, -0.1) is 0 Å². The molecule has 0 saturated heterocycles. The highest BCUT2D eigenvalue weighted by molar-refractivity contribution is 7.62. The van der Waals surface area contributed by atoms with Gasteiger partial charge in [-0.05, 0) is 89.4 Å². The molecule has 1 aliphatic carbocycles. The fraction of sp³-hybridized carbons (Fsp3) is 0.231. The van der Waals surface area contributed by atoms with Crippen LogP contribution < -0.4 is 9.83 Å². The van der Waals surface area contributed by atoms with Crippen molar-refractivity contribution in [3.8, 4) is 16.9 Å². The van der Waals surface area contributed by atoms with Crippen LogP contribution in [-0.2, 0) is 19.9 Å². The first-order valence-corrected chi connectivity index (χ1v) is 16.4. The van der Waals surface area contributed by atoms with Crippen molar-refractivity contribution in [2.75, 3.05) is 0 Å². The molecule has 0 amide bonds. The smallest absolute Gasteiger partial charge is 0.411 e. The van der Waals surface area contributed by atoms with Crippen LogP contribution in [0.4, 0.5) is 0 Å². The lowest BCUT2D eigenvalue weighted by Gasteiger charge is -2.34. The van der Waals surface area contributed by atoms with E-state index in [1.54, 1.807) is 12.1 Å². The van der Waals surface area contributed by atoms with E-state index in [-0.39, 0.29) is 5.41 Å². The minimum Gasteiger partial charge on any atom is -0.421 e.